The van der Waals surface area contributed by atoms with Crippen LogP contribution in [0.15, 0.2) is 16.7 Å². The smallest absolute Gasteiger partial charge is 0.146 e. The number of rotatable bonds is 3. The highest BCUT2D eigenvalue weighted by molar-refractivity contribution is 9.10. The molecule has 0 aromatic carbocycles. The van der Waals surface area contributed by atoms with E-state index in [2.05, 4.69) is 25.6 Å². The predicted molar refractivity (Wildman–Crippen MR) is 71.3 cm³/mol. The highest BCUT2D eigenvalue weighted by Gasteiger charge is 2.29. The summed E-state index contributed by atoms with van der Waals surface area (Å²) in [6.45, 7) is 7.30. The molecule has 17 heavy (non-hydrogen) atoms. The molecule has 1 heterocycles. The summed E-state index contributed by atoms with van der Waals surface area (Å²) in [6.07, 6.45) is 0. The van der Waals surface area contributed by atoms with Crippen LogP contribution >= 0.6 is 15.9 Å². The van der Waals surface area contributed by atoms with E-state index in [-0.39, 0.29) is 5.69 Å². The lowest BCUT2D eigenvalue weighted by Gasteiger charge is -2.26. The first-order valence-electron chi connectivity index (χ1n) is 5.22. The first-order valence-corrected chi connectivity index (χ1v) is 7.16. The zero-order valence-electron chi connectivity index (χ0n) is 10.3. The van der Waals surface area contributed by atoms with Crippen molar-refractivity contribution in [3.05, 3.63) is 28.2 Å². The molecule has 6 heteroatoms. The molecule has 0 fully saturated rings. The Hall–Kier alpha value is -0.170. The van der Waals surface area contributed by atoms with Crippen LogP contribution in [0.4, 0.5) is 4.39 Å². The van der Waals surface area contributed by atoms with Crippen molar-refractivity contribution in [1.82, 2.24) is 9.71 Å². The van der Waals surface area contributed by atoms with Crippen LogP contribution in [0.25, 0.3) is 0 Å². The van der Waals surface area contributed by atoms with Gasteiger partial charge in [-0.3, -0.25) is 0 Å². The number of nitrogens with one attached hydrogen (secondary N) is 1. The molecule has 0 aliphatic heterocycles. The van der Waals surface area contributed by atoms with Gasteiger partial charge in [-0.1, -0.05) is 0 Å². The topological polar surface area (TPSA) is 48.0 Å². The molecular weight excluding hydrogens is 307 g/mol. The Kier molecular flexibility index (Phi) is 4.95. The molecule has 2 atom stereocenters. The summed E-state index contributed by atoms with van der Waals surface area (Å²) in [5, 5.41) is 0. The lowest BCUT2D eigenvalue weighted by atomic mass is 10.2. The van der Waals surface area contributed by atoms with Crippen molar-refractivity contribution >= 4 is 27.3 Å². The van der Waals surface area contributed by atoms with Gasteiger partial charge in [0.15, 0.2) is 0 Å². The van der Waals surface area contributed by atoms with E-state index >= 15 is 0 Å². The molecule has 1 rings (SSSR count). The van der Waals surface area contributed by atoms with E-state index in [1.54, 1.807) is 6.92 Å². The third kappa shape index (κ3) is 4.21. The molecule has 0 radical (unpaired) electrons. The third-order valence-electron chi connectivity index (χ3n) is 2.09. The molecule has 1 N–H and O–H groups in total. The van der Waals surface area contributed by atoms with Gasteiger partial charge in [-0.15, -0.1) is 4.72 Å². The van der Waals surface area contributed by atoms with Gasteiger partial charge in [-0.05, 0) is 55.8 Å². The number of halogens is 2. The summed E-state index contributed by atoms with van der Waals surface area (Å²) >= 11 is 1.93. The normalized spacial score (nSPS) is 15.7. The summed E-state index contributed by atoms with van der Waals surface area (Å²) in [5.74, 6) is -0.404. The van der Waals surface area contributed by atoms with E-state index < -0.39 is 28.0 Å². The van der Waals surface area contributed by atoms with Gasteiger partial charge in [0.1, 0.15) is 15.2 Å². The molecule has 0 amide bonds. The number of aromatic nitrogens is 1. The standard InChI is InChI=1S/C11H16BrFN2OS/c1-7(15-17(16)11(2,3)4)10-8(13)5-6-9(12)14-10/h5-7,15H,1-4H3/t7-,17+/m1/s1. The van der Waals surface area contributed by atoms with E-state index in [1.807, 2.05) is 20.8 Å². The van der Waals surface area contributed by atoms with Crippen LogP contribution in [-0.4, -0.2) is 14.3 Å². The molecule has 0 spiro atoms. The zero-order chi connectivity index (χ0) is 13.2. The fourth-order valence-corrected chi connectivity index (χ4v) is 2.24. The van der Waals surface area contributed by atoms with Gasteiger partial charge in [0.05, 0.1) is 11.7 Å². The molecule has 0 aliphatic rings. The van der Waals surface area contributed by atoms with Crippen molar-refractivity contribution < 1.29 is 8.94 Å². The van der Waals surface area contributed by atoms with Crippen molar-refractivity contribution in [2.45, 2.75) is 38.5 Å². The molecule has 1 aromatic heterocycles. The maximum absolute atomic E-state index is 13.5. The Morgan fingerprint density at radius 1 is 1.47 bits per heavy atom. The van der Waals surface area contributed by atoms with Gasteiger partial charge in [0.2, 0.25) is 0 Å². The zero-order valence-corrected chi connectivity index (χ0v) is 12.7. The van der Waals surface area contributed by atoms with Gasteiger partial charge in [0.25, 0.3) is 0 Å². The van der Waals surface area contributed by atoms with Crippen molar-refractivity contribution in [1.29, 1.82) is 0 Å². The fraction of sp³-hybridized carbons (Fsp3) is 0.545. The summed E-state index contributed by atoms with van der Waals surface area (Å²) in [7, 11) is 0. The van der Waals surface area contributed by atoms with Crippen molar-refractivity contribution in [2.24, 2.45) is 0 Å². The summed E-state index contributed by atoms with van der Waals surface area (Å²) in [6, 6.07) is 2.46. The van der Waals surface area contributed by atoms with Crippen molar-refractivity contribution in [3.8, 4) is 0 Å². The Bertz CT molecular complexity index is 398. The maximum atomic E-state index is 13.5. The largest absolute Gasteiger partial charge is 0.598 e. The lowest BCUT2D eigenvalue weighted by Crippen LogP contribution is -2.40. The first-order chi connectivity index (χ1) is 7.71. The monoisotopic (exact) mass is 322 g/mol. The Balaban J connectivity index is 2.83. The predicted octanol–water partition coefficient (Wildman–Crippen LogP) is 3.10. The second kappa shape index (κ2) is 5.65. The first kappa shape index (κ1) is 14.9. The van der Waals surface area contributed by atoms with Gasteiger partial charge in [-0.2, -0.15) is 0 Å². The highest BCUT2D eigenvalue weighted by atomic mass is 79.9. The summed E-state index contributed by atoms with van der Waals surface area (Å²) in [5.41, 5.74) is 0.261. The molecule has 0 unspecified atom stereocenters. The van der Waals surface area contributed by atoms with Crippen molar-refractivity contribution in [3.63, 3.8) is 0 Å². The summed E-state index contributed by atoms with van der Waals surface area (Å²) < 4.78 is 28.4. The minimum atomic E-state index is -1.25. The van der Waals surface area contributed by atoms with Crippen LogP contribution in [0, 0.1) is 5.82 Å². The minimum Gasteiger partial charge on any atom is -0.598 e. The van der Waals surface area contributed by atoms with E-state index in [0.717, 1.165) is 0 Å². The van der Waals surface area contributed by atoms with Crippen LogP contribution in [0.1, 0.15) is 39.4 Å². The number of hydrogen-bond donors (Lipinski definition) is 1. The minimum absolute atomic E-state index is 0.261. The molecule has 96 valence electrons. The average Bonchev–Trinajstić information content (AvgIpc) is 2.20. The Morgan fingerprint density at radius 3 is 2.59 bits per heavy atom. The van der Waals surface area contributed by atoms with E-state index in [9.17, 15) is 8.94 Å². The van der Waals surface area contributed by atoms with Crippen LogP contribution in [-0.2, 0) is 11.4 Å². The lowest BCUT2D eigenvalue weighted by molar-refractivity contribution is 0.516. The van der Waals surface area contributed by atoms with Gasteiger partial charge < -0.3 is 4.55 Å². The molecule has 0 bridgehead atoms. The summed E-state index contributed by atoms with van der Waals surface area (Å²) in [4.78, 5) is 4.05. The molecule has 1 aromatic rings. The molecule has 3 nitrogen and oxygen atoms in total. The van der Waals surface area contributed by atoms with Gasteiger partial charge in [-0.25, -0.2) is 9.37 Å². The molecule has 0 saturated heterocycles. The van der Waals surface area contributed by atoms with Crippen LogP contribution in [0.3, 0.4) is 0 Å². The third-order valence-corrected chi connectivity index (χ3v) is 4.21. The number of hydrogen-bond acceptors (Lipinski definition) is 3. The number of pyridine rings is 1. The Labute approximate surface area is 113 Å². The van der Waals surface area contributed by atoms with Crippen LogP contribution < -0.4 is 4.72 Å². The number of nitrogens with zero attached hydrogens (tertiary/aromatic N) is 1. The fourth-order valence-electron chi connectivity index (χ4n) is 1.13. The Morgan fingerprint density at radius 2 is 2.06 bits per heavy atom. The van der Waals surface area contributed by atoms with E-state index in [4.69, 9.17) is 0 Å². The SMILES string of the molecule is C[C@@H](N[S@@+]([O-])C(C)(C)C)c1nc(Br)ccc1F. The maximum Gasteiger partial charge on any atom is 0.146 e. The van der Waals surface area contributed by atoms with E-state index in [0.29, 0.717) is 4.60 Å². The van der Waals surface area contributed by atoms with Crippen LogP contribution in [0.2, 0.25) is 0 Å². The molecular formula is C11H16BrFN2OS. The van der Waals surface area contributed by atoms with Crippen LogP contribution in [0.5, 0.6) is 0 Å². The molecule has 0 aliphatic carbocycles. The molecule has 0 saturated carbocycles. The van der Waals surface area contributed by atoms with Crippen molar-refractivity contribution in [2.75, 3.05) is 0 Å². The van der Waals surface area contributed by atoms with Gasteiger partial charge >= 0.3 is 0 Å². The van der Waals surface area contributed by atoms with Gasteiger partial charge in [0, 0.05) is 11.4 Å². The second-order valence-corrected chi connectivity index (χ2v) is 7.53. The van der Waals surface area contributed by atoms with E-state index in [1.165, 1.54) is 12.1 Å². The quantitative estimate of drug-likeness (QED) is 0.687. The second-order valence-electron chi connectivity index (χ2n) is 4.72. The average molecular weight is 323 g/mol. The highest BCUT2D eigenvalue weighted by Crippen LogP contribution is 2.21.